The number of carbonyl (C=O) groups is 1. The van der Waals surface area contributed by atoms with Crippen molar-refractivity contribution in [2.24, 2.45) is 5.92 Å². The molecule has 7 heteroatoms. The minimum absolute atomic E-state index is 0.0151. The van der Waals surface area contributed by atoms with Crippen molar-refractivity contribution in [1.29, 1.82) is 0 Å². The molecule has 0 atom stereocenters. The lowest BCUT2D eigenvalue weighted by molar-refractivity contribution is -0.123. The molecule has 1 aromatic carbocycles. The molecule has 2 aromatic rings. The number of piperidine rings is 1. The molecule has 1 aliphatic rings. The predicted molar refractivity (Wildman–Crippen MR) is 98.5 cm³/mol. The predicted octanol–water partition coefficient (Wildman–Crippen LogP) is 1.90. The Morgan fingerprint density at radius 1 is 1.23 bits per heavy atom. The summed E-state index contributed by atoms with van der Waals surface area (Å²) in [6, 6.07) is 7.30. The second-order valence-corrected chi connectivity index (χ2v) is 6.24. The number of methoxy groups -OCH3 is 1. The van der Waals surface area contributed by atoms with Crippen molar-refractivity contribution in [1.82, 2.24) is 15.3 Å². The zero-order chi connectivity index (χ0) is 18.2. The number of anilines is 1. The molecule has 1 fully saturated rings. The van der Waals surface area contributed by atoms with Crippen molar-refractivity contribution in [2.75, 3.05) is 38.3 Å². The fourth-order valence-electron chi connectivity index (χ4n) is 3.01. The lowest BCUT2D eigenvalue weighted by atomic mass is 9.97. The van der Waals surface area contributed by atoms with Gasteiger partial charge in [-0.25, -0.2) is 4.98 Å². The van der Waals surface area contributed by atoms with E-state index in [0.29, 0.717) is 24.0 Å². The molecule has 26 heavy (non-hydrogen) atoms. The van der Waals surface area contributed by atoms with E-state index in [1.165, 1.54) is 0 Å². The van der Waals surface area contributed by atoms with Gasteiger partial charge in [0.25, 0.3) is 5.91 Å². The van der Waals surface area contributed by atoms with Crippen LogP contribution in [0.15, 0.2) is 42.9 Å². The molecule has 2 heterocycles. The van der Waals surface area contributed by atoms with Crippen molar-refractivity contribution in [3.05, 3.63) is 42.9 Å². The summed E-state index contributed by atoms with van der Waals surface area (Å²) in [5.41, 5.74) is 0. The van der Waals surface area contributed by atoms with Crippen LogP contribution in [0.2, 0.25) is 0 Å². The molecular weight excluding hydrogens is 332 g/mol. The Kier molecular flexibility index (Phi) is 6.24. The summed E-state index contributed by atoms with van der Waals surface area (Å²) >= 11 is 0. The van der Waals surface area contributed by atoms with Gasteiger partial charge in [-0.3, -0.25) is 9.78 Å². The lowest BCUT2D eigenvalue weighted by Crippen LogP contribution is -2.40. The number of nitrogens with one attached hydrogen (secondary N) is 1. The molecule has 0 spiro atoms. The molecule has 0 radical (unpaired) electrons. The maximum atomic E-state index is 12.0. The van der Waals surface area contributed by atoms with Crippen molar-refractivity contribution in [3.63, 3.8) is 0 Å². The number of benzene rings is 1. The Balaban J connectivity index is 1.38. The fraction of sp³-hybridized carbons (Fsp3) is 0.421. The molecule has 0 unspecified atom stereocenters. The van der Waals surface area contributed by atoms with Crippen LogP contribution in [0.25, 0.3) is 0 Å². The number of hydrogen-bond acceptors (Lipinski definition) is 6. The SMILES string of the molecule is COc1ccccc1OCC(=O)NCC1CCN(c2cnccn2)CC1. The highest BCUT2D eigenvalue weighted by atomic mass is 16.5. The lowest BCUT2D eigenvalue weighted by Gasteiger charge is -2.32. The maximum absolute atomic E-state index is 12.0. The third-order valence-electron chi connectivity index (χ3n) is 4.50. The molecule has 1 saturated heterocycles. The molecular formula is C19H24N4O3. The van der Waals surface area contributed by atoms with Crippen molar-refractivity contribution in [2.45, 2.75) is 12.8 Å². The van der Waals surface area contributed by atoms with E-state index in [4.69, 9.17) is 9.47 Å². The van der Waals surface area contributed by atoms with E-state index in [-0.39, 0.29) is 12.5 Å². The van der Waals surface area contributed by atoms with Crippen LogP contribution < -0.4 is 19.7 Å². The Morgan fingerprint density at radius 2 is 2.00 bits per heavy atom. The van der Waals surface area contributed by atoms with Gasteiger partial charge >= 0.3 is 0 Å². The quantitative estimate of drug-likeness (QED) is 0.816. The number of para-hydroxylation sites is 2. The van der Waals surface area contributed by atoms with Crippen LogP contribution in [-0.4, -0.2) is 49.2 Å². The second-order valence-electron chi connectivity index (χ2n) is 6.24. The summed E-state index contributed by atoms with van der Waals surface area (Å²) in [7, 11) is 1.58. The van der Waals surface area contributed by atoms with Gasteiger partial charge in [0.15, 0.2) is 18.1 Å². The highest BCUT2D eigenvalue weighted by molar-refractivity contribution is 5.77. The first kappa shape index (κ1) is 18.0. The van der Waals surface area contributed by atoms with Crippen LogP contribution in [0, 0.1) is 5.92 Å². The van der Waals surface area contributed by atoms with Crippen LogP contribution in [0.3, 0.4) is 0 Å². The standard InChI is InChI=1S/C19H24N4O3/c1-25-16-4-2-3-5-17(16)26-14-19(24)22-12-15-6-10-23(11-7-15)18-13-20-8-9-21-18/h2-5,8-9,13,15H,6-7,10-12,14H2,1H3,(H,22,24). The average Bonchev–Trinajstić information content (AvgIpc) is 2.72. The van der Waals surface area contributed by atoms with Crippen LogP contribution in [0.4, 0.5) is 5.82 Å². The zero-order valence-corrected chi connectivity index (χ0v) is 14.9. The number of ether oxygens (including phenoxy) is 2. The van der Waals surface area contributed by atoms with Gasteiger partial charge in [-0.15, -0.1) is 0 Å². The highest BCUT2D eigenvalue weighted by Gasteiger charge is 2.20. The smallest absolute Gasteiger partial charge is 0.257 e. The Morgan fingerprint density at radius 3 is 2.69 bits per heavy atom. The molecule has 1 aromatic heterocycles. The van der Waals surface area contributed by atoms with Crippen molar-refractivity contribution in [3.8, 4) is 11.5 Å². The summed E-state index contributed by atoms with van der Waals surface area (Å²) in [5, 5.41) is 2.96. The first-order valence-electron chi connectivity index (χ1n) is 8.79. The summed E-state index contributed by atoms with van der Waals surface area (Å²) in [5.74, 6) is 2.46. The van der Waals surface area contributed by atoms with E-state index in [9.17, 15) is 4.79 Å². The first-order chi connectivity index (χ1) is 12.8. The maximum Gasteiger partial charge on any atom is 0.257 e. The van der Waals surface area contributed by atoms with Gasteiger partial charge < -0.3 is 19.7 Å². The van der Waals surface area contributed by atoms with Gasteiger partial charge in [-0.05, 0) is 30.9 Å². The number of carbonyl (C=O) groups excluding carboxylic acids is 1. The molecule has 0 saturated carbocycles. The van der Waals surface area contributed by atoms with Gasteiger partial charge in [0, 0.05) is 32.0 Å². The Bertz CT molecular complexity index is 703. The molecule has 1 aliphatic heterocycles. The van der Waals surface area contributed by atoms with Crippen molar-refractivity contribution >= 4 is 11.7 Å². The van der Waals surface area contributed by atoms with Gasteiger partial charge in [-0.2, -0.15) is 0 Å². The average molecular weight is 356 g/mol. The first-order valence-corrected chi connectivity index (χ1v) is 8.79. The molecule has 3 rings (SSSR count). The van der Waals surface area contributed by atoms with E-state index in [1.807, 2.05) is 12.1 Å². The monoisotopic (exact) mass is 356 g/mol. The summed E-state index contributed by atoms with van der Waals surface area (Å²) in [6.45, 7) is 2.51. The highest BCUT2D eigenvalue weighted by Crippen LogP contribution is 2.25. The minimum Gasteiger partial charge on any atom is -0.493 e. The molecule has 1 amide bonds. The number of nitrogens with zero attached hydrogens (tertiary/aromatic N) is 3. The Labute approximate surface area is 153 Å². The molecule has 0 bridgehead atoms. The van der Waals surface area contributed by atoms with E-state index >= 15 is 0 Å². The fourth-order valence-corrected chi connectivity index (χ4v) is 3.01. The zero-order valence-electron chi connectivity index (χ0n) is 14.9. The summed E-state index contributed by atoms with van der Waals surface area (Å²) < 4.78 is 10.8. The van der Waals surface area contributed by atoms with Gasteiger partial charge in [-0.1, -0.05) is 12.1 Å². The normalized spacial score (nSPS) is 14.7. The van der Waals surface area contributed by atoms with E-state index in [1.54, 1.807) is 37.8 Å². The van der Waals surface area contributed by atoms with Gasteiger partial charge in [0.1, 0.15) is 5.82 Å². The van der Waals surface area contributed by atoms with Crippen LogP contribution in [0.5, 0.6) is 11.5 Å². The number of aromatic nitrogens is 2. The molecule has 7 nitrogen and oxygen atoms in total. The third-order valence-corrected chi connectivity index (χ3v) is 4.50. The number of amides is 1. The summed E-state index contributed by atoms with van der Waals surface area (Å²) in [4.78, 5) is 22.7. The van der Waals surface area contributed by atoms with Crippen LogP contribution in [0.1, 0.15) is 12.8 Å². The van der Waals surface area contributed by atoms with Crippen molar-refractivity contribution < 1.29 is 14.3 Å². The van der Waals surface area contributed by atoms with Gasteiger partial charge in [0.05, 0.1) is 13.3 Å². The summed E-state index contributed by atoms with van der Waals surface area (Å²) in [6.07, 6.45) is 7.22. The number of hydrogen-bond donors (Lipinski definition) is 1. The molecule has 138 valence electrons. The van der Waals surface area contributed by atoms with E-state index in [2.05, 4.69) is 20.2 Å². The third kappa shape index (κ3) is 4.84. The van der Waals surface area contributed by atoms with Crippen LogP contribution in [-0.2, 0) is 4.79 Å². The van der Waals surface area contributed by atoms with E-state index in [0.717, 1.165) is 31.7 Å². The van der Waals surface area contributed by atoms with E-state index < -0.39 is 0 Å². The van der Waals surface area contributed by atoms with Gasteiger partial charge in [0.2, 0.25) is 0 Å². The topological polar surface area (TPSA) is 76.6 Å². The van der Waals surface area contributed by atoms with Crippen LogP contribution >= 0.6 is 0 Å². The minimum atomic E-state index is -0.118. The molecule has 1 N–H and O–H groups in total. The number of rotatable bonds is 7. The Hall–Kier alpha value is -2.83. The molecule has 0 aliphatic carbocycles. The second kappa shape index (κ2) is 9.03. The largest absolute Gasteiger partial charge is 0.493 e.